The minimum atomic E-state index is 0.294. The molecule has 2 atom stereocenters. The van der Waals surface area contributed by atoms with Gasteiger partial charge in [-0.05, 0) is 36.7 Å². The standard InChI is InChI=1S/C13H22O/c1-5-10-7-12(9(3)4)8-11(6-2)13(10)14/h7,9,11-12H,5-6,8H2,1-4H3. The van der Waals surface area contributed by atoms with Crippen LogP contribution in [0.4, 0.5) is 0 Å². The van der Waals surface area contributed by atoms with E-state index in [1.807, 2.05) is 0 Å². The molecule has 0 N–H and O–H groups in total. The van der Waals surface area contributed by atoms with Crippen molar-refractivity contribution in [2.45, 2.75) is 47.0 Å². The van der Waals surface area contributed by atoms with Crippen LogP contribution in [-0.4, -0.2) is 5.78 Å². The van der Waals surface area contributed by atoms with E-state index in [-0.39, 0.29) is 0 Å². The molecule has 0 aromatic carbocycles. The van der Waals surface area contributed by atoms with Crippen molar-refractivity contribution in [2.24, 2.45) is 17.8 Å². The quantitative estimate of drug-likeness (QED) is 0.671. The maximum absolute atomic E-state index is 11.9. The minimum absolute atomic E-state index is 0.294. The summed E-state index contributed by atoms with van der Waals surface area (Å²) in [5, 5.41) is 0. The van der Waals surface area contributed by atoms with Gasteiger partial charge >= 0.3 is 0 Å². The van der Waals surface area contributed by atoms with Gasteiger partial charge in [-0.15, -0.1) is 0 Å². The summed E-state index contributed by atoms with van der Waals surface area (Å²) < 4.78 is 0. The van der Waals surface area contributed by atoms with E-state index in [0.717, 1.165) is 24.8 Å². The maximum atomic E-state index is 11.9. The first-order chi connectivity index (χ1) is 6.60. The molecule has 0 aromatic heterocycles. The van der Waals surface area contributed by atoms with Gasteiger partial charge < -0.3 is 0 Å². The van der Waals surface area contributed by atoms with Crippen LogP contribution in [0.5, 0.6) is 0 Å². The van der Waals surface area contributed by atoms with Gasteiger partial charge in [-0.25, -0.2) is 0 Å². The molecule has 1 nitrogen and oxygen atoms in total. The molecule has 0 bridgehead atoms. The number of allylic oxidation sites excluding steroid dienone is 2. The normalized spacial score (nSPS) is 28.1. The Morgan fingerprint density at radius 3 is 2.50 bits per heavy atom. The average Bonchev–Trinajstić information content (AvgIpc) is 2.17. The summed E-state index contributed by atoms with van der Waals surface area (Å²) in [6, 6.07) is 0. The Balaban J connectivity index is 2.86. The van der Waals surface area contributed by atoms with Gasteiger partial charge in [-0.2, -0.15) is 0 Å². The van der Waals surface area contributed by atoms with Gasteiger partial charge in [0.2, 0.25) is 0 Å². The van der Waals surface area contributed by atoms with Crippen LogP contribution in [0, 0.1) is 17.8 Å². The molecule has 1 aliphatic rings. The van der Waals surface area contributed by atoms with Gasteiger partial charge in [0.25, 0.3) is 0 Å². The second-order valence-corrected chi connectivity index (χ2v) is 4.66. The highest BCUT2D eigenvalue weighted by Gasteiger charge is 2.29. The van der Waals surface area contributed by atoms with Crippen molar-refractivity contribution in [1.82, 2.24) is 0 Å². The third kappa shape index (κ3) is 2.26. The molecule has 0 amide bonds. The summed E-state index contributed by atoms with van der Waals surface area (Å²) in [6.45, 7) is 8.70. The minimum Gasteiger partial charge on any atom is -0.294 e. The highest BCUT2D eigenvalue weighted by atomic mass is 16.1. The highest BCUT2D eigenvalue weighted by Crippen LogP contribution is 2.32. The lowest BCUT2D eigenvalue weighted by atomic mass is 9.75. The van der Waals surface area contributed by atoms with Crippen molar-refractivity contribution in [1.29, 1.82) is 0 Å². The monoisotopic (exact) mass is 194 g/mol. The van der Waals surface area contributed by atoms with Gasteiger partial charge in [0.15, 0.2) is 5.78 Å². The lowest BCUT2D eigenvalue weighted by Crippen LogP contribution is -2.26. The van der Waals surface area contributed by atoms with Crippen LogP contribution in [0.15, 0.2) is 11.6 Å². The van der Waals surface area contributed by atoms with E-state index in [4.69, 9.17) is 0 Å². The molecule has 0 radical (unpaired) electrons. The topological polar surface area (TPSA) is 17.1 Å². The first-order valence-corrected chi connectivity index (χ1v) is 5.85. The summed E-state index contributed by atoms with van der Waals surface area (Å²) in [5.41, 5.74) is 1.07. The number of carbonyl (C=O) groups excluding carboxylic acids is 1. The summed E-state index contributed by atoms with van der Waals surface area (Å²) in [6.07, 6.45) is 5.19. The number of hydrogen-bond acceptors (Lipinski definition) is 1. The van der Waals surface area contributed by atoms with Crippen LogP contribution in [0.1, 0.15) is 47.0 Å². The van der Waals surface area contributed by atoms with Gasteiger partial charge in [-0.3, -0.25) is 4.79 Å². The molecule has 2 unspecified atom stereocenters. The van der Waals surface area contributed by atoms with Crippen LogP contribution in [0.2, 0.25) is 0 Å². The van der Waals surface area contributed by atoms with Crippen LogP contribution in [0.25, 0.3) is 0 Å². The van der Waals surface area contributed by atoms with Gasteiger partial charge in [0, 0.05) is 5.92 Å². The number of Topliss-reactive ketones (excluding diaryl/α,β-unsaturated/α-hetero) is 1. The second kappa shape index (κ2) is 4.77. The molecule has 80 valence electrons. The molecule has 14 heavy (non-hydrogen) atoms. The molecule has 0 aromatic rings. The Bertz CT molecular complexity index is 238. The van der Waals surface area contributed by atoms with Gasteiger partial charge in [0.05, 0.1) is 0 Å². The zero-order valence-electron chi connectivity index (χ0n) is 9.84. The number of carbonyl (C=O) groups is 1. The summed E-state index contributed by atoms with van der Waals surface area (Å²) in [7, 11) is 0. The van der Waals surface area contributed by atoms with Crippen molar-refractivity contribution < 1.29 is 4.79 Å². The highest BCUT2D eigenvalue weighted by molar-refractivity contribution is 5.97. The molecule has 1 aliphatic carbocycles. The molecule has 0 saturated heterocycles. The van der Waals surface area contributed by atoms with E-state index in [1.54, 1.807) is 0 Å². The Morgan fingerprint density at radius 2 is 2.07 bits per heavy atom. The van der Waals surface area contributed by atoms with E-state index in [1.165, 1.54) is 0 Å². The third-order valence-corrected chi connectivity index (χ3v) is 3.39. The molecular formula is C13H22O. The molecule has 0 fully saturated rings. The molecule has 1 rings (SSSR count). The Hall–Kier alpha value is -0.590. The summed E-state index contributed by atoms with van der Waals surface area (Å²) in [5.74, 6) is 1.99. The van der Waals surface area contributed by atoms with Crippen molar-refractivity contribution in [3.63, 3.8) is 0 Å². The Kier molecular flexibility index (Phi) is 3.91. The van der Waals surface area contributed by atoms with E-state index in [9.17, 15) is 4.79 Å². The van der Waals surface area contributed by atoms with Gasteiger partial charge in [0.1, 0.15) is 0 Å². The molecule has 1 heteroatoms. The number of rotatable bonds is 3. The van der Waals surface area contributed by atoms with Crippen LogP contribution < -0.4 is 0 Å². The van der Waals surface area contributed by atoms with E-state index >= 15 is 0 Å². The summed E-state index contributed by atoms with van der Waals surface area (Å²) in [4.78, 5) is 11.9. The fraction of sp³-hybridized carbons (Fsp3) is 0.769. The molecule has 0 heterocycles. The second-order valence-electron chi connectivity index (χ2n) is 4.66. The van der Waals surface area contributed by atoms with Crippen LogP contribution >= 0.6 is 0 Å². The molecule has 0 saturated carbocycles. The Labute approximate surface area is 87.6 Å². The fourth-order valence-corrected chi connectivity index (χ4v) is 2.22. The van der Waals surface area contributed by atoms with Gasteiger partial charge in [-0.1, -0.05) is 33.8 Å². The van der Waals surface area contributed by atoms with Crippen molar-refractivity contribution in [3.05, 3.63) is 11.6 Å². The number of ketones is 1. The molecule has 0 spiro atoms. The third-order valence-electron chi connectivity index (χ3n) is 3.39. The largest absolute Gasteiger partial charge is 0.294 e. The lowest BCUT2D eigenvalue weighted by Gasteiger charge is -2.28. The molecular weight excluding hydrogens is 172 g/mol. The molecule has 0 aliphatic heterocycles. The van der Waals surface area contributed by atoms with E-state index in [2.05, 4.69) is 33.8 Å². The smallest absolute Gasteiger partial charge is 0.161 e. The van der Waals surface area contributed by atoms with Crippen molar-refractivity contribution in [2.75, 3.05) is 0 Å². The fourth-order valence-electron chi connectivity index (χ4n) is 2.22. The van der Waals surface area contributed by atoms with E-state index in [0.29, 0.717) is 23.5 Å². The predicted molar refractivity (Wildman–Crippen MR) is 60.1 cm³/mol. The zero-order chi connectivity index (χ0) is 10.7. The first-order valence-electron chi connectivity index (χ1n) is 5.85. The Morgan fingerprint density at radius 1 is 1.43 bits per heavy atom. The van der Waals surface area contributed by atoms with Crippen molar-refractivity contribution >= 4 is 5.78 Å². The van der Waals surface area contributed by atoms with Crippen molar-refractivity contribution in [3.8, 4) is 0 Å². The first kappa shape index (κ1) is 11.5. The maximum Gasteiger partial charge on any atom is 0.161 e. The van der Waals surface area contributed by atoms with E-state index < -0.39 is 0 Å². The number of hydrogen-bond donors (Lipinski definition) is 0. The van der Waals surface area contributed by atoms with Crippen LogP contribution in [-0.2, 0) is 4.79 Å². The summed E-state index contributed by atoms with van der Waals surface area (Å²) >= 11 is 0. The predicted octanol–water partition coefficient (Wildman–Crippen LogP) is 3.59. The van der Waals surface area contributed by atoms with Crippen LogP contribution in [0.3, 0.4) is 0 Å². The zero-order valence-corrected chi connectivity index (χ0v) is 9.84. The average molecular weight is 194 g/mol. The lowest BCUT2D eigenvalue weighted by molar-refractivity contribution is -0.120. The SMILES string of the molecule is CCC1=CC(C(C)C)CC(CC)C1=O.